The molecule has 0 aromatic heterocycles. The number of ether oxygens (including phenoxy) is 9. The minimum absolute atomic E-state index is 0.0173. The van der Waals surface area contributed by atoms with Crippen molar-refractivity contribution in [2.75, 3.05) is 127 Å². The molecule has 30 heteroatoms. The summed E-state index contributed by atoms with van der Waals surface area (Å²) in [6, 6.07) is 68.3. The summed E-state index contributed by atoms with van der Waals surface area (Å²) in [4.78, 5) is 146. The van der Waals surface area contributed by atoms with Crippen LogP contribution in [0.5, 0.6) is 0 Å². The normalized spacial score (nSPS) is 19.3. The summed E-state index contributed by atoms with van der Waals surface area (Å²) in [5.41, 5.74) is 7.50. The summed E-state index contributed by atoms with van der Waals surface area (Å²) in [5.74, 6) is -4.53. The number of fused-ring (bicyclic) bond motifs is 5. The Morgan fingerprint density at radius 2 is 0.630 bits per heavy atom. The van der Waals surface area contributed by atoms with E-state index in [9.17, 15) is 52.7 Å². The molecular weight excluding hydrogens is 2120 g/mol. The van der Waals surface area contributed by atoms with Gasteiger partial charge in [-0.2, -0.15) is 0 Å². The first-order valence-corrected chi connectivity index (χ1v) is 51.8. The summed E-state index contributed by atoms with van der Waals surface area (Å²) in [5, 5.41) is 13.4. The van der Waals surface area contributed by atoms with E-state index in [0.29, 0.717) is 11.4 Å². The number of alkyl halides is 4. The van der Waals surface area contributed by atoms with Gasteiger partial charge < -0.3 is 57.3 Å². The second-order valence-corrected chi connectivity index (χ2v) is 46.3. The molecule has 18 rings (SSSR count). The van der Waals surface area contributed by atoms with Crippen LogP contribution in [0.3, 0.4) is 0 Å². The predicted molar refractivity (Wildman–Crippen MR) is 585 cm³/mol. The molecule has 146 heavy (non-hydrogen) atoms. The summed E-state index contributed by atoms with van der Waals surface area (Å²) < 4.78 is 45.2. The second kappa shape index (κ2) is 48.6. The topological polar surface area (TPSA) is 290 Å². The van der Waals surface area contributed by atoms with Crippen LogP contribution in [0.15, 0.2) is 231 Å². The van der Waals surface area contributed by atoms with E-state index in [4.69, 9.17) is 37.9 Å². The van der Waals surface area contributed by atoms with Gasteiger partial charge in [0.15, 0.2) is 24.4 Å². The second-order valence-electron chi connectivity index (χ2n) is 40.1. The van der Waals surface area contributed by atoms with Gasteiger partial charge in [0.25, 0.3) is 11.8 Å². The smallest absolute Gasteiger partial charge is 0.329 e. The largest absolute Gasteiger partial charge is 0.468 e. The van der Waals surface area contributed by atoms with E-state index < -0.39 is 95.3 Å². The van der Waals surface area contributed by atoms with Crippen molar-refractivity contribution in [2.24, 2.45) is 22.7 Å². The Kier molecular flexibility index (Phi) is 37.7. The van der Waals surface area contributed by atoms with Gasteiger partial charge in [-0.15, -0.1) is 0 Å². The van der Waals surface area contributed by atoms with Crippen molar-refractivity contribution in [3.8, 4) is 0 Å². The number of amides is 4. The minimum Gasteiger partial charge on any atom is -0.468 e. The quantitative estimate of drug-likeness (QED) is 0.0110. The molecule has 1 fully saturated rings. The number of likely N-dealkylation sites (N-methyl/N-ethyl adjacent to an activating group) is 3. The molecule has 4 aliphatic carbocycles. The summed E-state index contributed by atoms with van der Waals surface area (Å²) in [6.07, 6.45) is 1.62. The fourth-order valence-corrected chi connectivity index (χ4v) is 21.1. The molecule has 2 aliphatic heterocycles. The maximum absolute atomic E-state index is 13.9. The molecule has 1 saturated heterocycles. The van der Waals surface area contributed by atoms with Gasteiger partial charge in [0.2, 0.25) is 11.8 Å². The van der Waals surface area contributed by atoms with Gasteiger partial charge in [0.05, 0.1) is 55.4 Å². The Balaban J connectivity index is 0.000000158. The molecule has 12 aromatic carbocycles. The van der Waals surface area contributed by atoms with Crippen LogP contribution in [0.2, 0.25) is 0 Å². The number of halogens is 4. The Morgan fingerprint density at radius 3 is 0.904 bits per heavy atom. The number of nitrogens with zero attached hydrogens (tertiary/aromatic N) is 6. The molecule has 12 atom stereocenters. The Labute approximate surface area is 887 Å². The number of anilines is 2. The molecule has 2 heterocycles. The molecule has 26 nitrogen and oxygen atoms in total. The highest BCUT2D eigenvalue weighted by molar-refractivity contribution is 9.10. The van der Waals surface area contributed by atoms with Crippen molar-refractivity contribution in [1.29, 1.82) is 0 Å². The number of benzene rings is 12. The fourth-order valence-electron chi connectivity index (χ4n) is 19.0. The fraction of sp³-hybridized carbons (Fsp3) is 0.388. The summed E-state index contributed by atoms with van der Waals surface area (Å²) in [7, 11) is 20.1. The lowest BCUT2D eigenvalue weighted by Crippen LogP contribution is -2.40. The average Bonchev–Trinajstić information content (AvgIpc) is 1.36. The summed E-state index contributed by atoms with van der Waals surface area (Å²) >= 11 is 13.0. The van der Waals surface area contributed by atoms with Crippen LogP contribution in [0.4, 0.5) is 11.4 Å². The van der Waals surface area contributed by atoms with Crippen molar-refractivity contribution in [3.63, 3.8) is 0 Å². The lowest BCUT2D eigenvalue weighted by atomic mass is 9.66. The monoisotopic (exact) mass is 2240 g/mol. The van der Waals surface area contributed by atoms with E-state index >= 15 is 0 Å². The number of methoxy groups -OCH3 is 5. The van der Waals surface area contributed by atoms with Crippen molar-refractivity contribution in [2.45, 2.75) is 149 Å². The van der Waals surface area contributed by atoms with Gasteiger partial charge in [-0.3, -0.25) is 52.8 Å². The Morgan fingerprint density at radius 1 is 0.356 bits per heavy atom. The predicted octanol–water partition coefficient (Wildman–Crippen LogP) is 21.8. The lowest BCUT2D eigenvalue weighted by molar-refractivity contribution is -0.186. The first-order valence-electron chi connectivity index (χ1n) is 48.4. The van der Waals surface area contributed by atoms with Crippen LogP contribution >= 0.6 is 63.7 Å². The molecule has 0 saturated carbocycles. The van der Waals surface area contributed by atoms with Crippen LogP contribution in [0, 0.1) is 22.7 Å². The molecule has 0 spiro atoms. The number of esters is 7. The highest BCUT2D eigenvalue weighted by Crippen LogP contribution is 2.56. The molecule has 0 N–H and O–H groups in total. The van der Waals surface area contributed by atoms with E-state index in [1.54, 1.807) is 69.6 Å². The molecule has 2 unspecified atom stereocenters. The number of hydrogen-bond acceptors (Lipinski definition) is 24. The van der Waals surface area contributed by atoms with Crippen LogP contribution in [0.1, 0.15) is 175 Å². The Hall–Kier alpha value is -11.6. The maximum atomic E-state index is 13.9. The molecular formula is C116H130Br4N6O20. The number of carbonyl (C=O) groups is 11. The molecule has 4 amide bonds. The maximum Gasteiger partial charge on any atom is 0.329 e. The third-order valence-corrected chi connectivity index (χ3v) is 29.2. The first-order chi connectivity index (χ1) is 69.2. The van der Waals surface area contributed by atoms with Gasteiger partial charge >= 0.3 is 41.8 Å². The van der Waals surface area contributed by atoms with Gasteiger partial charge in [-0.1, -0.05) is 278 Å². The van der Waals surface area contributed by atoms with Crippen LogP contribution in [-0.4, -0.2) is 220 Å². The van der Waals surface area contributed by atoms with Crippen LogP contribution in [0.25, 0.3) is 64.6 Å². The third-order valence-electron chi connectivity index (χ3n) is 27.2. The van der Waals surface area contributed by atoms with E-state index in [-0.39, 0.29) is 72.3 Å². The van der Waals surface area contributed by atoms with Crippen LogP contribution in [-0.2, 0) is 95.4 Å². The zero-order chi connectivity index (χ0) is 107. The van der Waals surface area contributed by atoms with Gasteiger partial charge in [-0.05, 0) is 211 Å². The van der Waals surface area contributed by atoms with Crippen LogP contribution < -0.4 is 9.80 Å². The van der Waals surface area contributed by atoms with Gasteiger partial charge in [-0.25, -0.2) is 14.6 Å². The summed E-state index contributed by atoms with van der Waals surface area (Å²) in [6.45, 7) is 27.8. The van der Waals surface area contributed by atoms with Gasteiger partial charge in [0, 0.05) is 105 Å². The SMILES string of the molecule is C=CC(=O)OC.CC(C)(Br)C(=O)O[C@@H]1c2ccccc2[C@@H]1OC(=O)C(C)(C)Br.CN(C)CCN(CCN(C)C)CCN(C)C.COC(=O)C(Br)CC(C)(C)C(=O)O[C@@H]1c2ccccc2[C@@H]1OC(=O)C(C)(C)CC(Br)C(=O)OC.CO[C@@H]1c2ccccc2[C@@H]1OC.C[C@@H]1c2ccccc2[C@H](C)[C@@H]2C(=O)N(c3ccc4ccc5cccc6ccc3c4c56)C(=O)[C@@H]21.O=C1C=CC(=O)N1c1ccc2ccc3cccc4ccc1c2c34. The molecule has 0 radical (unpaired) electrons. The number of imide groups is 2. The zero-order valence-corrected chi connectivity index (χ0v) is 92.9. The molecule has 6 aliphatic rings. The van der Waals surface area contributed by atoms with Gasteiger partial charge in [0.1, 0.15) is 30.5 Å². The third kappa shape index (κ3) is 25.4. The van der Waals surface area contributed by atoms with E-state index in [1.165, 1.54) is 87.1 Å². The molecule has 772 valence electrons. The molecule has 0 bridgehead atoms. The molecule has 12 aromatic rings. The van der Waals surface area contributed by atoms with E-state index in [2.05, 4.69) is 242 Å². The van der Waals surface area contributed by atoms with Crippen molar-refractivity contribution < 1.29 is 95.4 Å². The highest BCUT2D eigenvalue weighted by Gasteiger charge is 2.57. The first kappa shape index (κ1) is 113. The zero-order valence-electron chi connectivity index (χ0n) is 86.5. The van der Waals surface area contributed by atoms with Crippen molar-refractivity contribution in [1.82, 2.24) is 19.6 Å². The lowest BCUT2D eigenvalue weighted by Gasteiger charge is -2.40. The average molecular weight is 2250 g/mol. The number of carbonyl (C=O) groups excluding carboxylic acids is 11. The number of hydrogen-bond donors (Lipinski definition) is 0. The Bertz CT molecular complexity index is 6540. The number of rotatable bonds is 28. The van der Waals surface area contributed by atoms with E-state index in [1.807, 2.05) is 115 Å². The standard InChI is InChI=1S/C30H23NO2.C24H30Br2O8.C20H11NO2.C16H18Br2O4.C12H30N4.C10H12O2.C4H6O2/c1-16-21-8-3-4-9-22(21)17(2)26-25(16)29(32)31(30(26)33)24-15-13-20-11-10-18-6-5-7-19-12-14-23(24)28(20)27(18)19;1-23(2,11-15(25)19(27)31-5)21(29)33-17-13-9-7-8-10-14(13)18(17)34-22(30)24(3,4)12-16(26)20(28)32-6;22-17-10-11-18(23)21(17)16-9-7-14-5-4-12-2-1-3-13-6-8-15(16)20(14)19(12)13;1-15(2,17)13(19)21-11-9-7-5-6-8-10(9)12(11)22-14(20)16(3,4)18;1-13(2)7-10-16(11-8-14(3)4)12-9-15(5)6;1-11-9-7-5-3-4-6-8(7)10(9)12-2;1-3-4(5)6-2/h3-17,25-26H,1-2H3;7-10,15-18H,11-12H2,1-6H3;1-11H;5-8,11-12H,1-4H3;7-12H2,1-6H3;3-6,9-10H,1-2H3;3H,1H2,2H3/t16-,17+,25-,26+;15?,16?,17-,18+;;11-,12+;;9-,10+;. The van der Waals surface area contributed by atoms with Crippen molar-refractivity contribution in [3.05, 3.63) is 276 Å². The highest BCUT2D eigenvalue weighted by atomic mass is 79.9. The van der Waals surface area contributed by atoms with Crippen molar-refractivity contribution >= 4 is 205 Å². The van der Waals surface area contributed by atoms with E-state index in [0.717, 1.165) is 111 Å². The minimum atomic E-state index is -1.01.